The summed E-state index contributed by atoms with van der Waals surface area (Å²) in [6, 6.07) is 5.11. The van der Waals surface area contributed by atoms with E-state index in [0.717, 1.165) is 10.6 Å². The highest BCUT2D eigenvalue weighted by Crippen LogP contribution is 2.36. The molecule has 0 unspecified atom stereocenters. The number of thioether (sulfide) groups is 1. The molecule has 3 heteroatoms. The van der Waals surface area contributed by atoms with Gasteiger partial charge in [-0.15, -0.1) is 0 Å². The predicted octanol–water partition coefficient (Wildman–Crippen LogP) is 2.03. The average Bonchev–Trinajstić information content (AvgIpc) is 2.33. The molecule has 0 bridgehead atoms. The van der Waals surface area contributed by atoms with Crippen molar-refractivity contribution in [1.82, 2.24) is 0 Å². The number of aliphatic imine (C=N–C) groups is 1. The van der Waals surface area contributed by atoms with Crippen LogP contribution in [0.2, 0.25) is 0 Å². The number of rotatable bonds is 0. The highest BCUT2D eigenvalue weighted by Gasteiger charge is 2.19. The number of fused-ring (bicyclic) bond motifs is 1. The van der Waals surface area contributed by atoms with E-state index in [9.17, 15) is 0 Å². The second-order valence-electron chi connectivity index (χ2n) is 1.96. The summed E-state index contributed by atoms with van der Waals surface area (Å²) in [6.45, 7) is 0. The molecule has 0 saturated carbocycles. The SMILES string of the molecule is Oc1ccc2c(c1)N=[C+]S2. The fraction of sp³-hybridized carbons (Fsp3) is 0. The first kappa shape index (κ1) is 5.71. The van der Waals surface area contributed by atoms with Gasteiger partial charge in [0.15, 0.2) is 4.90 Å². The van der Waals surface area contributed by atoms with Crippen molar-refractivity contribution in [1.29, 1.82) is 0 Å². The molecule has 2 rings (SSSR count). The Bertz CT molecular complexity index is 296. The van der Waals surface area contributed by atoms with Gasteiger partial charge in [0.25, 0.3) is 5.55 Å². The first-order valence-corrected chi connectivity index (χ1v) is 3.63. The molecule has 10 heavy (non-hydrogen) atoms. The van der Waals surface area contributed by atoms with Gasteiger partial charge in [-0.1, -0.05) is 0 Å². The van der Waals surface area contributed by atoms with Crippen molar-refractivity contribution in [3.63, 3.8) is 0 Å². The number of nitrogens with zero attached hydrogens (tertiary/aromatic N) is 1. The maximum absolute atomic E-state index is 9.00. The Morgan fingerprint density at radius 3 is 3.30 bits per heavy atom. The van der Waals surface area contributed by atoms with E-state index in [1.807, 2.05) is 6.07 Å². The molecule has 0 atom stereocenters. The molecule has 0 fully saturated rings. The van der Waals surface area contributed by atoms with Crippen LogP contribution in [0.5, 0.6) is 5.75 Å². The zero-order valence-corrected chi connectivity index (χ0v) is 5.85. The summed E-state index contributed by atoms with van der Waals surface area (Å²) in [5.74, 6) is 0.256. The van der Waals surface area contributed by atoms with E-state index in [4.69, 9.17) is 5.11 Å². The number of phenolic OH excluding ortho intramolecular Hbond substituents is 1. The molecule has 1 aromatic carbocycles. The topological polar surface area (TPSA) is 32.6 Å². The highest BCUT2D eigenvalue weighted by atomic mass is 32.2. The van der Waals surface area contributed by atoms with Crippen molar-refractivity contribution in [2.75, 3.05) is 0 Å². The van der Waals surface area contributed by atoms with Crippen LogP contribution >= 0.6 is 11.8 Å². The molecule has 0 aromatic heterocycles. The standard InChI is InChI=1S/C7H3NOS/c9-5-1-2-7-6(3-5)8-4-10-7/h1-3H/p+1. The van der Waals surface area contributed by atoms with Crippen molar-refractivity contribution in [2.24, 2.45) is 4.99 Å². The van der Waals surface area contributed by atoms with Crippen LogP contribution in [0, 0.1) is 0 Å². The smallest absolute Gasteiger partial charge is 0.272 e. The molecule has 48 valence electrons. The molecule has 1 heterocycles. The first-order valence-electron chi connectivity index (χ1n) is 2.82. The van der Waals surface area contributed by atoms with Crippen LogP contribution in [-0.4, -0.2) is 10.7 Å². The van der Waals surface area contributed by atoms with Gasteiger partial charge in [0.1, 0.15) is 17.5 Å². The molecule has 1 aromatic rings. The lowest BCUT2D eigenvalue weighted by Gasteiger charge is -1.86. The second kappa shape index (κ2) is 1.97. The van der Waals surface area contributed by atoms with Gasteiger partial charge in [0.05, 0.1) is 6.07 Å². The summed E-state index contributed by atoms with van der Waals surface area (Å²) in [7, 11) is 0. The Balaban J connectivity index is 2.60. The van der Waals surface area contributed by atoms with Crippen LogP contribution in [0.1, 0.15) is 0 Å². The van der Waals surface area contributed by atoms with Crippen LogP contribution in [-0.2, 0) is 0 Å². The summed E-state index contributed by atoms with van der Waals surface area (Å²) in [4.78, 5) is 4.97. The van der Waals surface area contributed by atoms with Gasteiger partial charge >= 0.3 is 0 Å². The third-order valence-corrected chi connectivity index (χ3v) is 2.01. The van der Waals surface area contributed by atoms with Crippen molar-refractivity contribution in [2.45, 2.75) is 4.90 Å². The zero-order chi connectivity index (χ0) is 6.97. The van der Waals surface area contributed by atoms with E-state index in [2.05, 4.69) is 10.5 Å². The van der Waals surface area contributed by atoms with E-state index in [1.165, 1.54) is 11.8 Å². The molecule has 0 radical (unpaired) electrons. The lowest BCUT2D eigenvalue weighted by atomic mass is 10.3. The summed E-state index contributed by atoms with van der Waals surface area (Å²) in [5.41, 5.74) is 3.56. The first-order chi connectivity index (χ1) is 4.86. The summed E-state index contributed by atoms with van der Waals surface area (Å²) in [6.07, 6.45) is 0. The van der Waals surface area contributed by atoms with E-state index in [1.54, 1.807) is 12.1 Å². The predicted molar refractivity (Wildman–Crippen MR) is 41.1 cm³/mol. The van der Waals surface area contributed by atoms with Gasteiger partial charge in [-0.25, -0.2) is 0 Å². The van der Waals surface area contributed by atoms with Gasteiger partial charge in [-0.2, -0.15) is 0 Å². The third kappa shape index (κ3) is 0.764. The fourth-order valence-corrected chi connectivity index (χ4v) is 1.39. The molecule has 1 aliphatic heterocycles. The minimum atomic E-state index is 0.256. The van der Waals surface area contributed by atoms with Gasteiger partial charge in [-0.3, -0.25) is 0 Å². The Labute approximate surface area is 62.6 Å². The highest BCUT2D eigenvalue weighted by molar-refractivity contribution is 8.12. The Hall–Kier alpha value is -1.05. The number of aromatic hydroxyl groups is 1. The minimum absolute atomic E-state index is 0.256. The lowest BCUT2D eigenvalue weighted by molar-refractivity contribution is 0.475. The molecule has 0 spiro atoms. The molecule has 0 aliphatic carbocycles. The molecular formula is C7H4NOS+. The maximum Gasteiger partial charge on any atom is 0.272 e. The number of hydrogen-bond donors (Lipinski definition) is 1. The normalized spacial score (nSPS) is 12.8. The van der Waals surface area contributed by atoms with E-state index < -0.39 is 0 Å². The van der Waals surface area contributed by atoms with Crippen LogP contribution in [0.4, 0.5) is 5.69 Å². The maximum atomic E-state index is 9.00. The van der Waals surface area contributed by atoms with Crippen LogP contribution in [0.15, 0.2) is 28.1 Å². The lowest BCUT2D eigenvalue weighted by Crippen LogP contribution is -1.66. The average molecular weight is 150 g/mol. The van der Waals surface area contributed by atoms with E-state index in [-0.39, 0.29) is 5.75 Å². The number of hydrogen-bond acceptors (Lipinski definition) is 3. The van der Waals surface area contributed by atoms with Gasteiger partial charge in [0, 0.05) is 4.99 Å². The van der Waals surface area contributed by atoms with Crippen LogP contribution in [0.25, 0.3) is 0 Å². The minimum Gasteiger partial charge on any atom is -0.506 e. The quantitative estimate of drug-likeness (QED) is 0.574. The van der Waals surface area contributed by atoms with Crippen molar-refractivity contribution >= 4 is 23.0 Å². The van der Waals surface area contributed by atoms with Gasteiger partial charge in [0.2, 0.25) is 5.69 Å². The summed E-state index contributed by atoms with van der Waals surface area (Å²) >= 11 is 1.45. The Kier molecular flexibility index (Phi) is 1.13. The molecular weight excluding hydrogens is 146 g/mol. The van der Waals surface area contributed by atoms with Gasteiger partial charge in [-0.05, 0) is 12.1 Å². The van der Waals surface area contributed by atoms with Crippen LogP contribution < -0.4 is 0 Å². The van der Waals surface area contributed by atoms with E-state index >= 15 is 0 Å². The Morgan fingerprint density at radius 2 is 2.40 bits per heavy atom. The number of phenols is 1. The third-order valence-electron chi connectivity index (χ3n) is 1.26. The number of benzene rings is 1. The molecule has 0 saturated heterocycles. The summed E-state index contributed by atoms with van der Waals surface area (Å²) < 4.78 is 0. The monoisotopic (exact) mass is 150 g/mol. The van der Waals surface area contributed by atoms with Crippen molar-refractivity contribution in [3.8, 4) is 5.75 Å². The molecule has 1 aliphatic rings. The molecule has 1 N–H and O–H groups in total. The zero-order valence-electron chi connectivity index (χ0n) is 5.03. The van der Waals surface area contributed by atoms with Crippen molar-refractivity contribution < 1.29 is 5.11 Å². The summed E-state index contributed by atoms with van der Waals surface area (Å²) in [5, 5.41) is 9.00. The van der Waals surface area contributed by atoms with E-state index in [0.29, 0.717) is 0 Å². The molecule has 2 nitrogen and oxygen atoms in total. The largest absolute Gasteiger partial charge is 0.506 e. The fourth-order valence-electron chi connectivity index (χ4n) is 0.801. The van der Waals surface area contributed by atoms with Crippen molar-refractivity contribution in [3.05, 3.63) is 18.2 Å². The van der Waals surface area contributed by atoms with Crippen LogP contribution in [0.3, 0.4) is 0 Å². The molecule has 0 amide bonds. The van der Waals surface area contributed by atoms with Gasteiger partial charge < -0.3 is 5.11 Å². The Morgan fingerprint density at radius 1 is 1.50 bits per heavy atom. The second-order valence-corrected chi connectivity index (χ2v) is 2.78.